The summed E-state index contributed by atoms with van der Waals surface area (Å²) < 4.78 is 40.9. The molecule has 1 aliphatic heterocycles. The number of thiazole rings is 2. The Labute approximate surface area is 372 Å². The summed E-state index contributed by atoms with van der Waals surface area (Å²) in [6, 6.07) is 14.4. The number of halogens is 1. The molecular weight excluding hydrogens is 846 g/mol. The third kappa shape index (κ3) is 12.3. The van der Waals surface area contributed by atoms with Crippen molar-refractivity contribution in [2.45, 2.75) is 111 Å². The minimum Gasteiger partial charge on any atom is -0.491 e. The average Bonchev–Trinajstić information content (AvgIpc) is 3.81. The third-order valence-corrected chi connectivity index (χ3v) is 14.3. The van der Waals surface area contributed by atoms with Crippen LogP contribution in [0.5, 0.6) is 5.75 Å². The van der Waals surface area contributed by atoms with E-state index < -0.39 is 25.5 Å². The van der Waals surface area contributed by atoms with Crippen molar-refractivity contribution in [2.75, 3.05) is 45.4 Å². The van der Waals surface area contributed by atoms with E-state index in [1.54, 1.807) is 29.4 Å². The fourth-order valence-corrected chi connectivity index (χ4v) is 9.83. The van der Waals surface area contributed by atoms with E-state index in [4.69, 9.17) is 34.0 Å². The zero-order valence-corrected chi connectivity index (χ0v) is 40.1. The number of amides is 1. The van der Waals surface area contributed by atoms with Gasteiger partial charge in [-0.1, -0.05) is 49.2 Å². The molecule has 0 saturated heterocycles. The van der Waals surface area contributed by atoms with E-state index in [0.29, 0.717) is 62.5 Å². The number of para-hydroxylation sites is 1. The summed E-state index contributed by atoms with van der Waals surface area (Å²) in [4.78, 5) is 40.1. The van der Waals surface area contributed by atoms with E-state index in [-0.39, 0.29) is 24.1 Å². The minimum atomic E-state index is -1.23. The predicted octanol–water partition coefficient (Wildman–Crippen LogP) is 10.0. The summed E-state index contributed by atoms with van der Waals surface area (Å²) in [5.41, 5.74) is 3.64. The van der Waals surface area contributed by atoms with Gasteiger partial charge in [0.1, 0.15) is 12.3 Å². The molecule has 0 N–H and O–H groups in total. The maximum absolute atomic E-state index is 15.1. The molecule has 0 atom stereocenters. The molecule has 5 aromatic rings. The largest absolute Gasteiger partial charge is 0.491 e. The number of hydrogen-bond donors (Lipinski definition) is 0. The number of rotatable bonds is 18. The number of unbranched alkanes of at least 4 members (excludes halogenated alkanes) is 1. The van der Waals surface area contributed by atoms with Gasteiger partial charge in [-0.05, 0) is 109 Å². The van der Waals surface area contributed by atoms with Crippen LogP contribution in [-0.4, -0.2) is 90.8 Å². The molecule has 6 rings (SSSR count). The lowest BCUT2D eigenvalue weighted by Gasteiger charge is -2.28. The van der Waals surface area contributed by atoms with Gasteiger partial charge in [-0.25, -0.2) is 19.0 Å². The zero-order chi connectivity index (χ0) is 44.6. The highest BCUT2D eigenvalue weighted by Gasteiger charge is 2.29. The van der Waals surface area contributed by atoms with Crippen molar-refractivity contribution in [1.29, 1.82) is 0 Å². The van der Waals surface area contributed by atoms with Gasteiger partial charge in [0.2, 0.25) is 0 Å². The summed E-state index contributed by atoms with van der Waals surface area (Å²) >= 11 is 3.02. The van der Waals surface area contributed by atoms with Crippen LogP contribution >= 0.6 is 22.7 Å². The lowest BCUT2D eigenvalue weighted by atomic mass is 10.0. The van der Waals surface area contributed by atoms with E-state index in [0.717, 1.165) is 68.3 Å². The van der Waals surface area contributed by atoms with Crippen molar-refractivity contribution in [3.05, 3.63) is 80.3 Å². The van der Waals surface area contributed by atoms with Crippen molar-refractivity contribution >= 4 is 69.8 Å². The Morgan fingerprint density at radius 3 is 2.55 bits per heavy atom. The lowest BCUT2D eigenvalue weighted by Crippen LogP contribution is -2.34. The highest BCUT2D eigenvalue weighted by molar-refractivity contribution is 7.16. The number of carbonyl (C=O) groups excluding carboxylic acids is 2. The molecular formula is C45H60FN7O6S2Si. The average molecular weight is 906 g/mol. The number of ether oxygens (including phenoxy) is 4. The van der Waals surface area contributed by atoms with Gasteiger partial charge in [0.05, 0.1) is 23.9 Å². The van der Waals surface area contributed by atoms with E-state index in [1.165, 1.54) is 24.5 Å². The topological polar surface area (TPSA) is 134 Å². The number of methoxy groups -OCH3 is 1. The van der Waals surface area contributed by atoms with Gasteiger partial charge in [0.15, 0.2) is 38.8 Å². The first-order chi connectivity index (χ1) is 29.5. The molecule has 62 heavy (non-hydrogen) atoms. The summed E-state index contributed by atoms with van der Waals surface area (Å²) in [5.74, 6) is 0.503. The molecule has 3 aromatic heterocycles. The monoisotopic (exact) mass is 905 g/mol. The molecule has 1 aliphatic rings. The second-order valence-corrected chi connectivity index (χ2v) is 25.5. The normalized spacial score (nSPS) is 13.4. The summed E-state index contributed by atoms with van der Waals surface area (Å²) in [5, 5.41) is 10.0. The Kier molecular flexibility index (Phi) is 15.6. The van der Waals surface area contributed by atoms with Crippen LogP contribution in [0.2, 0.25) is 25.7 Å². The van der Waals surface area contributed by atoms with Gasteiger partial charge in [-0.2, -0.15) is 4.99 Å². The second kappa shape index (κ2) is 20.6. The van der Waals surface area contributed by atoms with Crippen LogP contribution in [0.3, 0.4) is 0 Å². The van der Waals surface area contributed by atoms with Crippen molar-refractivity contribution in [3.63, 3.8) is 0 Å². The number of aryl methyl sites for hydroxylation is 2. The van der Waals surface area contributed by atoms with Gasteiger partial charge < -0.3 is 28.7 Å². The molecule has 0 spiro atoms. The molecule has 0 bridgehead atoms. The molecule has 0 aliphatic carbocycles. The van der Waals surface area contributed by atoms with Gasteiger partial charge in [-0.15, -0.1) is 21.5 Å². The molecule has 0 radical (unpaired) electrons. The Bertz CT molecular complexity index is 2420. The third-order valence-electron chi connectivity index (χ3n) is 10.4. The maximum atomic E-state index is 15.1. The SMILES string of the molecule is COC(=O)c1nc(N2CCCc3c2nnc(/N=c2\sc4ccccc4n2COCC[Si](C)(C)C)c3C)sc1CCCOc1ccc(CCCCN(C)C(=O)OC(C)(C)C)cc1F. The molecule has 0 saturated carbocycles. The number of esters is 1. The van der Waals surface area contributed by atoms with Gasteiger partial charge in [0, 0.05) is 50.8 Å². The van der Waals surface area contributed by atoms with E-state index in [1.807, 2.05) is 50.8 Å². The predicted molar refractivity (Wildman–Crippen MR) is 247 cm³/mol. The van der Waals surface area contributed by atoms with Crippen LogP contribution in [0.4, 0.5) is 26.0 Å². The number of hydrogen-bond acceptors (Lipinski definition) is 13. The number of anilines is 2. The number of aromatic nitrogens is 4. The van der Waals surface area contributed by atoms with Crippen LogP contribution in [-0.2, 0) is 40.2 Å². The van der Waals surface area contributed by atoms with Crippen molar-refractivity contribution in [1.82, 2.24) is 24.6 Å². The second-order valence-electron chi connectivity index (χ2n) is 17.8. The van der Waals surface area contributed by atoms with Gasteiger partial charge in [0.25, 0.3) is 0 Å². The summed E-state index contributed by atoms with van der Waals surface area (Å²) in [6.07, 6.45) is 4.56. The van der Waals surface area contributed by atoms with Crippen LogP contribution in [0, 0.1) is 12.7 Å². The molecule has 0 fully saturated rings. The zero-order valence-electron chi connectivity index (χ0n) is 37.5. The standard InChI is InChI=1S/C45H60FN7O6S2Si/c1-30-32-17-14-24-52(40(32)50-49-39(30)48-43-53(29-57-26-27-62(7,8)9)34-18-10-11-19-36(34)60-43)42-47-38(41(54)56-6)37(61-42)20-15-25-58-35-22-21-31(28-33(35)46)16-12-13-23-51(5)44(55)59-45(2,3)4/h10-11,18-19,21-22,28H,12-17,20,23-27,29H2,1-9H3/b48-43-. The first-order valence-electron chi connectivity index (χ1n) is 21.3. The van der Waals surface area contributed by atoms with Crippen LogP contribution in [0.1, 0.15) is 78.5 Å². The van der Waals surface area contributed by atoms with Gasteiger partial charge >= 0.3 is 12.1 Å². The Morgan fingerprint density at radius 1 is 1.02 bits per heavy atom. The molecule has 13 nitrogen and oxygen atoms in total. The number of fused-ring (bicyclic) bond motifs is 2. The smallest absolute Gasteiger partial charge is 0.410 e. The van der Waals surface area contributed by atoms with Crippen LogP contribution in [0.25, 0.3) is 10.2 Å². The molecule has 0 unspecified atom stereocenters. The number of nitrogens with zero attached hydrogens (tertiary/aromatic N) is 7. The quantitative estimate of drug-likeness (QED) is 0.0475. The Balaban J connectivity index is 1.10. The number of carbonyl (C=O) groups is 2. The number of benzene rings is 2. The van der Waals surface area contributed by atoms with Crippen molar-refractivity contribution in [2.24, 2.45) is 4.99 Å². The molecule has 17 heteroatoms. The van der Waals surface area contributed by atoms with Crippen molar-refractivity contribution in [3.8, 4) is 5.75 Å². The summed E-state index contributed by atoms with van der Waals surface area (Å²) in [6.45, 7) is 17.2. The first-order valence-corrected chi connectivity index (χ1v) is 26.6. The van der Waals surface area contributed by atoms with Crippen LogP contribution in [0.15, 0.2) is 47.5 Å². The Morgan fingerprint density at radius 2 is 1.81 bits per heavy atom. The first kappa shape index (κ1) is 46.8. The van der Waals surface area contributed by atoms with Gasteiger partial charge in [-0.3, -0.25) is 4.57 Å². The minimum absolute atomic E-state index is 0.175. The maximum Gasteiger partial charge on any atom is 0.410 e. The summed E-state index contributed by atoms with van der Waals surface area (Å²) in [7, 11) is 1.83. The molecule has 4 heterocycles. The highest BCUT2D eigenvalue weighted by atomic mass is 32.1. The van der Waals surface area contributed by atoms with E-state index >= 15 is 4.39 Å². The molecule has 2 aromatic carbocycles. The van der Waals surface area contributed by atoms with E-state index in [9.17, 15) is 9.59 Å². The highest BCUT2D eigenvalue weighted by Crippen LogP contribution is 2.39. The molecule has 1 amide bonds. The van der Waals surface area contributed by atoms with E-state index in [2.05, 4.69) is 41.4 Å². The van der Waals surface area contributed by atoms with Crippen molar-refractivity contribution < 1.29 is 32.9 Å². The molecule has 334 valence electrons. The van der Waals surface area contributed by atoms with Crippen LogP contribution < -0.4 is 14.4 Å². The fraction of sp³-hybridized carbons (Fsp3) is 0.511. The lowest BCUT2D eigenvalue weighted by molar-refractivity contribution is 0.0296. The fourth-order valence-electron chi connectivity index (χ4n) is 6.94. The Hall–Kier alpha value is -4.71.